The summed E-state index contributed by atoms with van der Waals surface area (Å²) in [5.41, 5.74) is 1.38. The van der Waals surface area contributed by atoms with Crippen LogP contribution in [0, 0.1) is 6.92 Å². The van der Waals surface area contributed by atoms with Crippen molar-refractivity contribution in [2.24, 2.45) is 0 Å². The molecule has 0 saturated heterocycles. The first-order chi connectivity index (χ1) is 5.79. The molecule has 2 aromatic heterocycles. The number of nitrogens with zero attached hydrogens (tertiary/aromatic N) is 2. The van der Waals surface area contributed by atoms with Crippen LogP contribution in [-0.4, -0.2) is 16.3 Å². The Morgan fingerprint density at radius 1 is 1.58 bits per heavy atom. The molecule has 12 heavy (non-hydrogen) atoms. The van der Waals surface area contributed by atoms with Gasteiger partial charge in [-0.3, -0.25) is 4.79 Å². The summed E-state index contributed by atoms with van der Waals surface area (Å²) in [6.45, 7) is 1.92. The van der Waals surface area contributed by atoms with E-state index in [2.05, 4.69) is 9.97 Å². The zero-order valence-corrected chi connectivity index (χ0v) is 7.26. The second-order valence-corrected chi connectivity index (χ2v) is 3.63. The Hall–Kier alpha value is -1.29. The van der Waals surface area contributed by atoms with Crippen LogP contribution in [0.5, 0.6) is 0 Å². The molecule has 60 valence electrons. The van der Waals surface area contributed by atoms with Crippen molar-refractivity contribution in [1.82, 2.24) is 9.97 Å². The van der Waals surface area contributed by atoms with Crippen molar-refractivity contribution >= 4 is 28.0 Å². The molecule has 0 spiro atoms. The molecule has 0 aliphatic carbocycles. The molecular weight excluding hydrogens is 172 g/mol. The number of hydrogen-bond acceptors (Lipinski definition) is 4. The molecule has 0 aliphatic rings. The summed E-state index contributed by atoms with van der Waals surface area (Å²) >= 11 is 1.53. The fourth-order valence-electron chi connectivity index (χ4n) is 1.01. The number of aldehydes is 1. The van der Waals surface area contributed by atoms with E-state index in [1.807, 2.05) is 6.92 Å². The number of pyridine rings is 1. The number of rotatable bonds is 1. The molecule has 0 aromatic carbocycles. The Kier molecular flexibility index (Phi) is 1.62. The van der Waals surface area contributed by atoms with Crippen molar-refractivity contribution in [2.75, 3.05) is 0 Å². The minimum absolute atomic E-state index is 0.577. The molecule has 0 N–H and O–H groups in total. The minimum Gasteiger partial charge on any atom is -0.298 e. The zero-order valence-electron chi connectivity index (χ0n) is 6.44. The lowest BCUT2D eigenvalue weighted by atomic mass is 10.3. The SMILES string of the molecule is Cc1nc2cc(C=O)cnc2s1. The highest BCUT2D eigenvalue weighted by Crippen LogP contribution is 2.18. The summed E-state index contributed by atoms with van der Waals surface area (Å²) < 4.78 is 0. The van der Waals surface area contributed by atoms with Gasteiger partial charge in [0.2, 0.25) is 0 Å². The van der Waals surface area contributed by atoms with Crippen LogP contribution in [0.15, 0.2) is 12.3 Å². The fraction of sp³-hybridized carbons (Fsp3) is 0.125. The van der Waals surface area contributed by atoms with Crippen molar-refractivity contribution in [1.29, 1.82) is 0 Å². The second kappa shape index (κ2) is 2.64. The van der Waals surface area contributed by atoms with Crippen molar-refractivity contribution in [3.63, 3.8) is 0 Å². The van der Waals surface area contributed by atoms with Gasteiger partial charge >= 0.3 is 0 Å². The number of carbonyl (C=O) groups is 1. The number of aromatic nitrogens is 2. The van der Waals surface area contributed by atoms with Gasteiger partial charge in [-0.15, -0.1) is 0 Å². The molecule has 0 amide bonds. The minimum atomic E-state index is 0.577. The maximum atomic E-state index is 10.4. The van der Waals surface area contributed by atoms with Crippen LogP contribution >= 0.6 is 11.3 Å². The standard InChI is InChI=1S/C8H6N2OS/c1-5-10-7-2-6(4-11)3-9-8(7)12-5/h2-4H,1H3. The first-order valence-corrected chi connectivity index (χ1v) is 4.29. The van der Waals surface area contributed by atoms with E-state index < -0.39 is 0 Å². The molecule has 2 aromatic rings. The van der Waals surface area contributed by atoms with Gasteiger partial charge in [-0.2, -0.15) is 0 Å². The number of aryl methyl sites for hydroxylation is 1. The average Bonchev–Trinajstić information content (AvgIpc) is 2.43. The third-order valence-corrected chi connectivity index (χ3v) is 2.41. The number of hydrogen-bond donors (Lipinski definition) is 0. The van der Waals surface area contributed by atoms with Crippen LogP contribution in [-0.2, 0) is 0 Å². The maximum Gasteiger partial charge on any atom is 0.151 e. The lowest BCUT2D eigenvalue weighted by molar-refractivity contribution is 0.112. The number of thiazole rings is 1. The summed E-state index contributed by atoms with van der Waals surface area (Å²) in [6, 6.07) is 1.75. The third kappa shape index (κ3) is 1.10. The van der Waals surface area contributed by atoms with Crippen molar-refractivity contribution < 1.29 is 4.79 Å². The van der Waals surface area contributed by atoms with Gasteiger partial charge in [-0.1, -0.05) is 11.3 Å². The highest BCUT2D eigenvalue weighted by Gasteiger charge is 2.01. The molecule has 0 saturated carbocycles. The molecule has 0 fully saturated rings. The average molecular weight is 178 g/mol. The summed E-state index contributed by atoms with van der Waals surface area (Å²) in [5.74, 6) is 0. The van der Waals surface area contributed by atoms with Crippen molar-refractivity contribution in [3.8, 4) is 0 Å². The number of carbonyl (C=O) groups excluding carboxylic acids is 1. The van der Waals surface area contributed by atoms with E-state index in [4.69, 9.17) is 0 Å². The van der Waals surface area contributed by atoms with E-state index in [1.54, 1.807) is 12.3 Å². The Balaban J connectivity index is 2.74. The van der Waals surface area contributed by atoms with Crippen LogP contribution in [0.1, 0.15) is 15.4 Å². The summed E-state index contributed by atoms with van der Waals surface area (Å²) in [7, 11) is 0. The Morgan fingerprint density at radius 2 is 2.42 bits per heavy atom. The van der Waals surface area contributed by atoms with Gasteiger partial charge in [0.05, 0.1) is 5.01 Å². The molecule has 2 rings (SSSR count). The third-order valence-electron chi connectivity index (χ3n) is 1.51. The van der Waals surface area contributed by atoms with Gasteiger partial charge in [0.25, 0.3) is 0 Å². The summed E-state index contributed by atoms with van der Waals surface area (Å²) in [6.07, 6.45) is 2.34. The molecule has 3 nitrogen and oxygen atoms in total. The number of fused-ring (bicyclic) bond motifs is 1. The summed E-state index contributed by atoms with van der Waals surface area (Å²) in [5, 5.41) is 0.973. The van der Waals surface area contributed by atoms with E-state index in [0.29, 0.717) is 5.56 Å². The van der Waals surface area contributed by atoms with Crippen LogP contribution in [0.2, 0.25) is 0 Å². The molecular formula is C8H6N2OS. The van der Waals surface area contributed by atoms with Crippen LogP contribution < -0.4 is 0 Å². The van der Waals surface area contributed by atoms with Gasteiger partial charge in [0.1, 0.15) is 10.3 Å². The first kappa shape index (κ1) is 7.36. The van der Waals surface area contributed by atoms with Crippen LogP contribution in [0.3, 0.4) is 0 Å². The van der Waals surface area contributed by atoms with Crippen LogP contribution in [0.4, 0.5) is 0 Å². The first-order valence-electron chi connectivity index (χ1n) is 3.48. The van der Waals surface area contributed by atoms with Crippen LogP contribution in [0.25, 0.3) is 10.3 Å². The van der Waals surface area contributed by atoms with E-state index >= 15 is 0 Å². The molecule has 0 bridgehead atoms. The lowest BCUT2D eigenvalue weighted by Gasteiger charge is -1.87. The summed E-state index contributed by atoms with van der Waals surface area (Å²) in [4.78, 5) is 19.6. The van der Waals surface area contributed by atoms with E-state index in [1.165, 1.54) is 11.3 Å². The largest absolute Gasteiger partial charge is 0.298 e. The quantitative estimate of drug-likeness (QED) is 0.625. The predicted molar refractivity (Wildman–Crippen MR) is 47.5 cm³/mol. The van der Waals surface area contributed by atoms with Gasteiger partial charge in [0.15, 0.2) is 6.29 Å². The smallest absolute Gasteiger partial charge is 0.151 e. The topological polar surface area (TPSA) is 42.9 Å². The van der Waals surface area contributed by atoms with Gasteiger partial charge in [-0.05, 0) is 13.0 Å². The van der Waals surface area contributed by atoms with E-state index in [9.17, 15) is 4.79 Å². The van der Waals surface area contributed by atoms with Gasteiger partial charge in [0, 0.05) is 11.8 Å². The van der Waals surface area contributed by atoms with Crippen molar-refractivity contribution in [2.45, 2.75) is 6.92 Å². The molecule has 0 unspecified atom stereocenters. The highest BCUT2D eigenvalue weighted by atomic mass is 32.1. The molecule has 4 heteroatoms. The van der Waals surface area contributed by atoms with Crippen molar-refractivity contribution in [3.05, 3.63) is 22.8 Å². The highest BCUT2D eigenvalue weighted by molar-refractivity contribution is 7.18. The monoisotopic (exact) mass is 178 g/mol. The molecule has 0 atom stereocenters. The van der Waals surface area contributed by atoms with Gasteiger partial charge < -0.3 is 0 Å². The predicted octanol–water partition coefficient (Wildman–Crippen LogP) is 1.81. The fourth-order valence-corrected chi connectivity index (χ4v) is 1.75. The Labute approximate surface area is 73.1 Å². The Bertz CT molecular complexity index is 436. The van der Waals surface area contributed by atoms with Gasteiger partial charge in [-0.25, -0.2) is 9.97 Å². The molecule has 0 radical (unpaired) electrons. The second-order valence-electron chi connectivity index (χ2n) is 2.44. The normalized spacial score (nSPS) is 10.4. The molecule has 0 aliphatic heterocycles. The van der Waals surface area contributed by atoms with E-state index in [-0.39, 0.29) is 0 Å². The maximum absolute atomic E-state index is 10.4. The Morgan fingerprint density at radius 3 is 3.17 bits per heavy atom. The zero-order chi connectivity index (χ0) is 8.55. The van der Waals surface area contributed by atoms with E-state index in [0.717, 1.165) is 21.6 Å². The molecule has 2 heterocycles. The lowest BCUT2D eigenvalue weighted by Crippen LogP contribution is -1.81.